The Balaban J connectivity index is 2.22. The van der Waals surface area contributed by atoms with Gasteiger partial charge in [0.25, 0.3) is 0 Å². The Bertz CT molecular complexity index is 516. The van der Waals surface area contributed by atoms with Crippen LogP contribution in [-0.4, -0.2) is 36.7 Å². The minimum absolute atomic E-state index is 0.193. The van der Waals surface area contributed by atoms with E-state index in [0.29, 0.717) is 31.7 Å². The predicted molar refractivity (Wildman–Crippen MR) is 76.1 cm³/mol. The first-order valence-corrected chi connectivity index (χ1v) is 6.75. The highest BCUT2D eigenvalue weighted by Crippen LogP contribution is 2.29. The summed E-state index contributed by atoms with van der Waals surface area (Å²) in [4.78, 5) is 25.0. The van der Waals surface area contributed by atoms with E-state index in [1.54, 1.807) is 23.1 Å². The molecule has 0 aromatic heterocycles. The van der Waals surface area contributed by atoms with Crippen LogP contribution in [-0.2, 0) is 6.42 Å². The Labute approximate surface area is 117 Å². The number of anilines is 1. The van der Waals surface area contributed by atoms with Gasteiger partial charge in [0, 0.05) is 18.8 Å². The molecule has 0 bridgehead atoms. The van der Waals surface area contributed by atoms with Crippen LogP contribution in [0.2, 0.25) is 0 Å². The minimum atomic E-state index is -0.952. The highest BCUT2D eigenvalue weighted by atomic mass is 16.4. The molecule has 2 rings (SSSR count). The Morgan fingerprint density at radius 3 is 2.90 bits per heavy atom. The third kappa shape index (κ3) is 2.91. The second kappa shape index (κ2) is 6.38. The fourth-order valence-electron chi connectivity index (χ4n) is 2.43. The lowest BCUT2D eigenvalue weighted by molar-refractivity contribution is 0.0695. The molecule has 1 aliphatic heterocycles. The zero-order chi connectivity index (χ0) is 14.5. The van der Waals surface area contributed by atoms with E-state index in [-0.39, 0.29) is 11.6 Å². The van der Waals surface area contributed by atoms with Crippen LogP contribution in [0.3, 0.4) is 0 Å². The number of carboxylic acid groups (broad SMARTS) is 1. The molecule has 4 N–H and O–H groups in total. The number of hydrogen-bond acceptors (Lipinski definition) is 3. The van der Waals surface area contributed by atoms with Crippen LogP contribution in [0.5, 0.6) is 0 Å². The summed E-state index contributed by atoms with van der Waals surface area (Å²) in [6, 6.07) is 4.86. The fraction of sp³-hybridized carbons (Fsp3) is 0.429. The highest BCUT2D eigenvalue weighted by molar-refractivity contribution is 5.97. The number of rotatable bonds is 4. The van der Waals surface area contributed by atoms with Gasteiger partial charge in [0.2, 0.25) is 0 Å². The Morgan fingerprint density at radius 1 is 1.40 bits per heavy atom. The number of nitrogens with two attached hydrogens (primary N) is 1. The van der Waals surface area contributed by atoms with E-state index in [1.807, 2.05) is 0 Å². The molecule has 6 heteroatoms. The van der Waals surface area contributed by atoms with E-state index < -0.39 is 5.97 Å². The minimum Gasteiger partial charge on any atom is -0.478 e. The summed E-state index contributed by atoms with van der Waals surface area (Å²) < 4.78 is 0. The van der Waals surface area contributed by atoms with Gasteiger partial charge in [-0.15, -0.1) is 0 Å². The molecule has 108 valence electrons. The average Bonchev–Trinajstić information content (AvgIpc) is 2.46. The number of amides is 2. The van der Waals surface area contributed by atoms with Gasteiger partial charge in [-0.25, -0.2) is 9.59 Å². The number of nitrogens with one attached hydrogen (secondary N) is 1. The topological polar surface area (TPSA) is 95.7 Å². The normalized spacial score (nSPS) is 13.8. The molecule has 1 heterocycles. The van der Waals surface area contributed by atoms with E-state index in [9.17, 15) is 14.7 Å². The zero-order valence-corrected chi connectivity index (χ0v) is 11.3. The molecule has 6 nitrogen and oxygen atoms in total. The van der Waals surface area contributed by atoms with Crippen molar-refractivity contribution in [3.05, 3.63) is 29.3 Å². The lowest BCUT2D eigenvalue weighted by Gasteiger charge is -2.30. The third-order valence-electron chi connectivity index (χ3n) is 3.38. The lowest BCUT2D eigenvalue weighted by Crippen LogP contribution is -2.43. The van der Waals surface area contributed by atoms with Crippen molar-refractivity contribution in [1.29, 1.82) is 0 Å². The number of nitrogens with zero attached hydrogens (tertiary/aromatic N) is 1. The molecule has 1 aromatic carbocycles. The first-order chi connectivity index (χ1) is 9.65. The quantitative estimate of drug-likeness (QED) is 0.720. The number of carboxylic acids is 1. The molecule has 1 aliphatic rings. The fourth-order valence-corrected chi connectivity index (χ4v) is 2.43. The van der Waals surface area contributed by atoms with Crippen LogP contribution in [0.1, 0.15) is 28.8 Å². The number of carbonyl (C=O) groups excluding carboxylic acids is 1. The van der Waals surface area contributed by atoms with Gasteiger partial charge in [-0.1, -0.05) is 6.07 Å². The second-order valence-electron chi connectivity index (χ2n) is 4.74. The maximum atomic E-state index is 12.1. The van der Waals surface area contributed by atoms with E-state index in [0.717, 1.165) is 18.4 Å². The van der Waals surface area contributed by atoms with Gasteiger partial charge in [-0.05, 0) is 43.5 Å². The Kier molecular flexibility index (Phi) is 4.57. The van der Waals surface area contributed by atoms with Crippen molar-refractivity contribution in [2.75, 3.05) is 24.5 Å². The zero-order valence-electron chi connectivity index (χ0n) is 11.3. The SMILES string of the molecule is NCCCNC(=O)N1CCCc2c(C(=O)O)cccc21. The van der Waals surface area contributed by atoms with Gasteiger partial charge in [0.15, 0.2) is 0 Å². The van der Waals surface area contributed by atoms with Gasteiger partial charge in [0.05, 0.1) is 5.56 Å². The molecule has 0 fully saturated rings. The molecule has 0 spiro atoms. The number of fused-ring (bicyclic) bond motifs is 1. The van der Waals surface area contributed by atoms with Crippen molar-refractivity contribution < 1.29 is 14.7 Å². The molecule has 0 saturated heterocycles. The average molecular weight is 277 g/mol. The molecule has 20 heavy (non-hydrogen) atoms. The number of hydrogen-bond donors (Lipinski definition) is 3. The lowest BCUT2D eigenvalue weighted by atomic mass is 9.96. The number of carbonyl (C=O) groups is 2. The molecule has 0 radical (unpaired) electrons. The molecular weight excluding hydrogens is 258 g/mol. The summed E-state index contributed by atoms with van der Waals surface area (Å²) in [5, 5.41) is 12.0. The molecule has 0 aliphatic carbocycles. The number of urea groups is 1. The molecule has 0 saturated carbocycles. The van der Waals surface area contributed by atoms with Gasteiger partial charge >= 0.3 is 12.0 Å². The van der Waals surface area contributed by atoms with E-state index >= 15 is 0 Å². The molecule has 2 amide bonds. The standard InChI is InChI=1S/C14H19N3O3/c15-7-3-8-16-14(20)17-9-2-5-10-11(13(18)19)4-1-6-12(10)17/h1,4,6H,2-3,5,7-9,15H2,(H,16,20)(H,18,19). The summed E-state index contributed by atoms with van der Waals surface area (Å²) in [6.45, 7) is 1.66. The van der Waals surface area contributed by atoms with Crippen LogP contribution >= 0.6 is 0 Å². The summed E-state index contributed by atoms with van der Waals surface area (Å²) in [5.41, 5.74) is 7.10. The summed E-state index contributed by atoms with van der Waals surface area (Å²) in [5.74, 6) is -0.952. The molecule has 0 unspecified atom stereocenters. The second-order valence-corrected chi connectivity index (χ2v) is 4.74. The van der Waals surface area contributed by atoms with Crippen LogP contribution in [0.15, 0.2) is 18.2 Å². The first kappa shape index (κ1) is 14.3. The molecule has 1 aromatic rings. The van der Waals surface area contributed by atoms with Crippen LogP contribution in [0, 0.1) is 0 Å². The van der Waals surface area contributed by atoms with Crippen molar-refractivity contribution in [3.8, 4) is 0 Å². The maximum Gasteiger partial charge on any atom is 0.336 e. The van der Waals surface area contributed by atoms with Crippen LogP contribution in [0.25, 0.3) is 0 Å². The predicted octanol–water partition coefficient (Wildman–Crippen LogP) is 1.20. The smallest absolute Gasteiger partial charge is 0.336 e. The van der Waals surface area contributed by atoms with Crippen molar-refractivity contribution in [2.45, 2.75) is 19.3 Å². The highest BCUT2D eigenvalue weighted by Gasteiger charge is 2.25. The maximum absolute atomic E-state index is 12.1. The summed E-state index contributed by atoms with van der Waals surface area (Å²) in [7, 11) is 0. The monoisotopic (exact) mass is 277 g/mol. The van der Waals surface area contributed by atoms with Gasteiger partial charge in [0.1, 0.15) is 0 Å². The van der Waals surface area contributed by atoms with Crippen molar-refractivity contribution in [3.63, 3.8) is 0 Å². The first-order valence-electron chi connectivity index (χ1n) is 6.75. The van der Waals surface area contributed by atoms with E-state index in [2.05, 4.69) is 5.32 Å². The number of aromatic carboxylic acids is 1. The third-order valence-corrected chi connectivity index (χ3v) is 3.38. The molecule has 0 atom stereocenters. The Morgan fingerprint density at radius 2 is 2.20 bits per heavy atom. The van der Waals surface area contributed by atoms with Crippen molar-refractivity contribution >= 4 is 17.7 Å². The Hall–Kier alpha value is -2.08. The summed E-state index contributed by atoms with van der Waals surface area (Å²) in [6.07, 6.45) is 2.17. The van der Waals surface area contributed by atoms with E-state index in [1.165, 1.54) is 0 Å². The van der Waals surface area contributed by atoms with Crippen LogP contribution in [0.4, 0.5) is 10.5 Å². The largest absolute Gasteiger partial charge is 0.478 e. The van der Waals surface area contributed by atoms with Gasteiger partial charge in [-0.2, -0.15) is 0 Å². The molecular formula is C14H19N3O3. The van der Waals surface area contributed by atoms with Crippen molar-refractivity contribution in [2.24, 2.45) is 5.73 Å². The van der Waals surface area contributed by atoms with E-state index in [4.69, 9.17) is 5.73 Å². The van der Waals surface area contributed by atoms with Crippen LogP contribution < -0.4 is 16.0 Å². The summed E-state index contributed by atoms with van der Waals surface area (Å²) >= 11 is 0. The van der Waals surface area contributed by atoms with Crippen molar-refractivity contribution in [1.82, 2.24) is 5.32 Å². The number of benzene rings is 1. The van der Waals surface area contributed by atoms with Gasteiger partial charge < -0.3 is 16.2 Å². The van der Waals surface area contributed by atoms with Gasteiger partial charge in [-0.3, -0.25) is 4.90 Å².